The van der Waals surface area contributed by atoms with Gasteiger partial charge in [0.15, 0.2) is 5.78 Å². The fourth-order valence-corrected chi connectivity index (χ4v) is 12.8. The van der Waals surface area contributed by atoms with Crippen molar-refractivity contribution in [3.8, 4) is 0 Å². The zero-order valence-electron chi connectivity index (χ0n) is 35.8. The molecule has 2 fully saturated rings. The Morgan fingerprint density at radius 1 is 0.915 bits per heavy atom. The first-order valence-corrected chi connectivity index (χ1v) is 22.9. The third-order valence-electron chi connectivity index (χ3n) is 11.9. The van der Waals surface area contributed by atoms with Gasteiger partial charge in [-0.1, -0.05) is 137 Å². The number of carbonyl (C=O) groups is 5. The second kappa shape index (κ2) is 19.3. The van der Waals surface area contributed by atoms with E-state index in [4.69, 9.17) is 4.43 Å². The highest BCUT2D eigenvalue weighted by Gasteiger charge is 2.51. The van der Waals surface area contributed by atoms with Gasteiger partial charge in [-0.15, -0.1) is 0 Å². The zero-order valence-corrected chi connectivity index (χ0v) is 36.8. The van der Waals surface area contributed by atoms with Crippen molar-refractivity contribution in [2.24, 2.45) is 0 Å². The largest absolute Gasteiger partial charge is 0.398 e. The van der Waals surface area contributed by atoms with Crippen molar-refractivity contribution in [2.75, 3.05) is 6.54 Å². The Bertz CT molecular complexity index is 1970. The lowest BCUT2D eigenvalue weighted by molar-refractivity contribution is -0.144. The summed E-state index contributed by atoms with van der Waals surface area (Å²) >= 11 is 0. The van der Waals surface area contributed by atoms with Crippen LogP contribution in [0.4, 0.5) is 0 Å². The van der Waals surface area contributed by atoms with E-state index in [2.05, 4.69) is 67.6 Å². The summed E-state index contributed by atoms with van der Waals surface area (Å²) < 4.78 is 7.00. The minimum Gasteiger partial charge on any atom is -0.398 e. The summed E-state index contributed by atoms with van der Waals surface area (Å²) in [6.45, 7) is 18.1. The molecule has 10 nitrogen and oxygen atoms in total. The van der Waals surface area contributed by atoms with Gasteiger partial charge in [-0.25, -0.2) is 0 Å². The van der Waals surface area contributed by atoms with Gasteiger partial charge < -0.3 is 25.3 Å². The van der Waals surface area contributed by atoms with Gasteiger partial charge in [0.05, 0.1) is 0 Å². The maximum atomic E-state index is 14.2. The molecule has 3 N–H and O–H groups in total. The van der Waals surface area contributed by atoms with Crippen LogP contribution in [0.3, 0.4) is 0 Å². The molecule has 0 spiro atoms. The van der Waals surface area contributed by atoms with Crippen LogP contribution in [0.25, 0.3) is 5.57 Å². The average Bonchev–Trinajstić information content (AvgIpc) is 3.72. The van der Waals surface area contributed by atoms with E-state index >= 15 is 0 Å². The van der Waals surface area contributed by atoms with E-state index in [0.717, 1.165) is 27.1 Å². The maximum Gasteiger partial charge on any atom is 0.262 e. The number of Topliss-reactive ketones (excluding diaryl/α,β-unsaturated/α-hetero) is 1. The minimum atomic E-state index is -2.94. The molecule has 0 aromatic heterocycles. The number of nitrogens with one attached hydrogen (secondary N) is 3. The van der Waals surface area contributed by atoms with Gasteiger partial charge in [-0.2, -0.15) is 0 Å². The predicted octanol–water partition coefficient (Wildman–Crippen LogP) is 5.78. The molecule has 3 aromatic carbocycles. The third-order valence-corrected chi connectivity index (χ3v) is 17.0. The van der Waals surface area contributed by atoms with Crippen LogP contribution in [-0.4, -0.2) is 78.9 Å². The van der Waals surface area contributed by atoms with Crippen LogP contribution in [0.15, 0.2) is 104 Å². The van der Waals surface area contributed by atoms with Gasteiger partial charge in [-0.05, 0) is 79.4 Å². The van der Waals surface area contributed by atoms with E-state index in [1.807, 2.05) is 80.6 Å². The Hall–Kier alpha value is -5.13. The lowest BCUT2D eigenvalue weighted by atomic mass is 9.94. The normalized spacial score (nSPS) is 22.4. The summed E-state index contributed by atoms with van der Waals surface area (Å²) in [6.07, 6.45) is 5.23. The number of amides is 4. The second-order valence-electron chi connectivity index (χ2n) is 17.3. The first-order chi connectivity index (χ1) is 28.0. The Morgan fingerprint density at radius 3 is 2.08 bits per heavy atom. The van der Waals surface area contributed by atoms with Crippen molar-refractivity contribution in [3.05, 3.63) is 115 Å². The Balaban J connectivity index is 1.29. The third kappa shape index (κ3) is 10.4. The Labute approximate surface area is 351 Å². The van der Waals surface area contributed by atoms with Crippen molar-refractivity contribution >= 4 is 53.7 Å². The first kappa shape index (κ1) is 45.0. The van der Waals surface area contributed by atoms with Gasteiger partial charge in [-0.3, -0.25) is 24.0 Å². The van der Waals surface area contributed by atoms with E-state index in [1.165, 1.54) is 0 Å². The standard InChI is InChI=1S/C48H62N4O6Si/c1-9-48(8)46(57)50-40(32-35-27-29-36(30-28-35)33(2)3)45(56)52-31-19-25-41(52)44(55)49-39(43(54)51-48)24-17-12-18-26-42(53)34(4)58-59(47(5,6)7,37-20-13-10-14-21-37)38-22-15-11-16-23-38/h10-16,18,20-23,27-30,34,39-41H,2,9,17,19,24-26,31-32H2,1,3-8H3,(H,49,55)(H,50,57)(H,51,54)/t34-,39+,40+,41-,48+/m1/s1. The summed E-state index contributed by atoms with van der Waals surface area (Å²) in [5.41, 5.74) is 1.39. The van der Waals surface area contributed by atoms with E-state index in [-0.39, 0.29) is 42.4 Å². The SMILES string of the molecule is C=C(C)c1ccc(C[C@@H]2NC(=O)[C@](C)(CC)NC(=O)[C@H](CCC=CCC(=O)[C@@H](C)O[Si](c3ccccc3)(c3ccccc3)C(C)(C)C)NC(=O)[C@H]3CCCN3C2=O)cc1. The van der Waals surface area contributed by atoms with E-state index in [9.17, 15) is 24.0 Å². The summed E-state index contributed by atoms with van der Waals surface area (Å²) in [4.78, 5) is 71.1. The molecule has 2 saturated heterocycles. The van der Waals surface area contributed by atoms with Crippen LogP contribution in [-0.2, 0) is 34.8 Å². The lowest BCUT2D eigenvalue weighted by Crippen LogP contribution is -2.68. The summed E-state index contributed by atoms with van der Waals surface area (Å²) in [6, 6.07) is 25.4. The molecule has 0 aliphatic carbocycles. The molecular formula is C48H62N4O6Si. The summed E-state index contributed by atoms with van der Waals surface area (Å²) in [5, 5.41) is 10.7. The fraction of sp³-hybridized carbons (Fsp3) is 0.438. The number of ketones is 1. The molecule has 2 aliphatic heterocycles. The molecule has 59 heavy (non-hydrogen) atoms. The monoisotopic (exact) mass is 818 g/mol. The molecule has 11 heteroatoms. The highest BCUT2D eigenvalue weighted by atomic mass is 28.4. The molecule has 5 atom stereocenters. The molecule has 4 amide bonds. The molecule has 0 bridgehead atoms. The molecule has 2 heterocycles. The van der Waals surface area contributed by atoms with Gasteiger partial charge >= 0.3 is 0 Å². The molecule has 3 aromatic rings. The van der Waals surface area contributed by atoms with Gasteiger partial charge in [0.2, 0.25) is 23.6 Å². The van der Waals surface area contributed by atoms with Gasteiger partial charge in [0.1, 0.15) is 29.8 Å². The minimum absolute atomic E-state index is 0.0656. The number of hydrogen-bond donors (Lipinski definition) is 3. The zero-order chi connectivity index (χ0) is 43.0. The van der Waals surface area contributed by atoms with Crippen LogP contribution < -0.4 is 26.3 Å². The van der Waals surface area contributed by atoms with Crippen molar-refractivity contribution in [1.82, 2.24) is 20.9 Å². The molecule has 2 aliphatic rings. The predicted molar refractivity (Wildman–Crippen MR) is 236 cm³/mol. The lowest BCUT2D eigenvalue weighted by Gasteiger charge is -2.44. The number of rotatable bonds is 14. The highest BCUT2D eigenvalue weighted by Crippen LogP contribution is 2.37. The quantitative estimate of drug-likeness (QED) is 0.140. The summed E-state index contributed by atoms with van der Waals surface area (Å²) in [7, 11) is -2.94. The van der Waals surface area contributed by atoms with Crippen LogP contribution >= 0.6 is 0 Å². The smallest absolute Gasteiger partial charge is 0.262 e. The van der Waals surface area contributed by atoms with Crippen molar-refractivity contribution < 1.29 is 28.4 Å². The molecule has 5 rings (SSSR count). The Kier molecular flexibility index (Phi) is 14.7. The van der Waals surface area contributed by atoms with E-state index in [0.29, 0.717) is 25.8 Å². The summed E-state index contributed by atoms with van der Waals surface area (Å²) in [5.74, 6) is -1.76. The molecular weight excluding hydrogens is 757 g/mol. The molecule has 0 radical (unpaired) electrons. The number of allylic oxidation sites excluding steroid dienone is 3. The van der Waals surface area contributed by atoms with Crippen LogP contribution in [0.2, 0.25) is 5.04 Å². The highest BCUT2D eigenvalue weighted by molar-refractivity contribution is 6.99. The van der Waals surface area contributed by atoms with E-state index < -0.39 is 55.8 Å². The van der Waals surface area contributed by atoms with Crippen molar-refractivity contribution in [3.63, 3.8) is 0 Å². The van der Waals surface area contributed by atoms with Gasteiger partial charge in [0.25, 0.3) is 8.32 Å². The van der Waals surface area contributed by atoms with Crippen LogP contribution in [0, 0.1) is 0 Å². The van der Waals surface area contributed by atoms with Crippen molar-refractivity contribution in [2.45, 2.75) is 128 Å². The fourth-order valence-electron chi connectivity index (χ4n) is 8.15. The maximum absolute atomic E-state index is 14.2. The van der Waals surface area contributed by atoms with Crippen LogP contribution in [0.5, 0.6) is 0 Å². The topological polar surface area (TPSA) is 134 Å². The van der Waals surface area contributed by atoms with Crippen LogP contribution in [0.1, 0.15) is 98.1 Å². The molecule has 0 unspecified atom stereocenters. The number of hydrogen-bond acceptors (Lipinski definition) is 6. The number of nitrogens with zero attached hydrogens (tertiary/aromatic N) is 1. The Morgan fingerprint density at radius 2 is 1.53 bits per heavy atom. The number of carbonyl (C=O) groups excluding carboxylic acids is 5. The number of benzene rings is 3. The second-order valence-corrected chi connectivity index (χ2v) is 21.5. The molecule has 0 saturated carbocycles. The first-order valence-electron chi connectivity index (χ1n) is 21.0. The van der Waals surface area contributed by atoms with E-state index in [1.54, 1.807) is 24.8 Å². The molecule has 314 valence electrons. The van der Waals surface area contributed by atoms with Gasteiger partial charge in [0, 0.05) is 19.4 Å². The number of fused-ring (bicyclic) bond motifs is 1. The average molecular weight is 819 g/mol. The van der Waals surface area contributed by atoms with Crippen molar-refractivity contribution in [1.29, 1.82) is 0 Å².